The second-order valence-electron chi connectivity index (χ2n) is 4.21. The molecule has 2 heterocycles. The molecule has 0 aliphatic carbocycles. The molecule has 0 radical (unpaired) electrons. The molecular weight excluding hydrogens is 252 g/mol. The number of carbonyl (C=O) groups excluding carboxylic acids is 1. The predicted molar refractivity (Wildman–Crippen MR) is 64.6 cm³/mol. The van der Waals surface area contributed by atoms with Gasteiger partial charge in [-0.2, -0.15) is 0 Å². The fourth-order valence-corrected chi connectivity index (χ4v) is 1.94. The number of hydrogen-bond acceptors (Lipinski definition) is 5. The standard InChI is InChI=1S/C11H16N4O4/c12-1-2-14-5-8(13-7-14)10(16)15-3-4-19-6-9(15)11(17)18/h5,7,9H,1-4,6,12H2,(H,17,18). The normalized spacial score (nSPS) is 19.4. The fourth-order valence-electron chi connectivity index (χ4n) is 1.94. The van der Waals surface area contributed by atoms with Gasteiger partial charge in [0.25, 0.3) is 5.91 Å². The topological polar surface area (TPSA) is 111 Å². The Balaban J connectivity index is 2.14. The average Bonchev–Trinajstić information content (AvgIpc) is 2.87. The van der Waals surface area contributed by atoms with Crippen LogP contribution in [0, 0.1) is 0 Å². The number of hydrogen-bond donors (Lipinski definition) is 2. The lowest BCUT2D eigenvalue weighted by molar-refractivity contribution is -0.147. The zero-order valence-corrected chi connectivity index (χ0v) is 10.4. The Morgan fingerprint density at radius 3 is 3.05 bits per heavy atom. The summed E-state index contributed by atoms with van der Waals surface area (Å²) in [6.07, 6.45) is 3.08. The van der Waals surface area contributed by atoms with E-state index in [-0.39, 0.29) is 18.8 Å². The fraction of sp³-hybridized carbons (Fsp3) is 0.545. The molecule has 1 unspecified atom stereocenters. The van der Waals surface area contributed by atoms with Crippen LogP contribution < -0.4 is 5.73 Å². The molecule has 1 aromatic heterocycles. The largest absolute Gasteiger partial charge is 0.480 e. The zero-order chi connectivity index (χ0) is 13.8. The first-order valence-electron chi connectivity index (χ1n) is 5.97. The van der Waals surface area contributed by atoms with Crippen molar-refractivity contribution in [3.63, 3.8) is 0 Å². The van der Waals surface area contributed by atoms with E-state index in [4.69, 9.17) is 15.6 Å². The van der Waals surface area contributed by atoms with Crippen molar-refractivity contribution in [1.29, 1.82) is 0 Å². The number of morpholine rings is 1. The summed E-state index contributed by atoms with van der Waals surface area (Å²) < 4.78 is 6.78. The SMILES string of the molecule is NCCn1cnc(C(=O)N2CCOCC2C(=O)O)c1. The Morgan fingerprint density at radius 1 is 1.58 bits per heavy atom. The molecular formula is C11H16N4O4. The van der Waals surface area contributed by atoms with Crippen molar-refractivity contribution >= 4 is 11.9 Å². The Bertz CT molecular complexity index is 473. The lowest BCUT2D eigenvalue weighted by Gasteiger charge is -2.32. The number of nitrogens with two attached hydrogens (primary N) is 1. The van der Waals surface area contributed by atoms with Crippen molar-refractivity contribution in [3.8, 4) is 0 Å². The molecule has 1 atom stereocenters. The Labute approximate surface area is 109 Å². The summed E-state index contributed by atoms with van der Waals surface area (Å²) >= 11 is 0. The van der Waals surface area contributed by atoms with Crippen molar-refractivity contribution in [2.75, 3.05) is 26.3 Å². The molecule has 3 N–H and O–H groups in total. The number of nitrogens with zero attached hydrogens (tertiary/aromatic N) is 3. The Morgan fingerprint density at radius 2 is 2.37 bits per heavy atom. The van der Waals surface area contributed by atoms with E-state index in [1.807, 2.05) is 0 Å². The second kappa shape index (κ2) is 5.81. The molecule has 8 nitrogen and oxygen atoms in total. The van der Waals surface area contributed by atoms with Crippen molar-refractivity contribution in [2.24, 2.45) is 5.73 Å². The Kier molecular flexibility index (Phi) is 4.13. The first kappa shape index (κ1) is 13.5. The molecule has 0 spiro atoms. The number of aliphatic carboxylic acids is 1. The lowest BCUT2D eigenvalue weighted by atomic mass is 10.2. The molecule has 8 heteroatoms. The third-order valence-corrected chi connectivity index (χ3v) is 2.91. The lowest BCUT2D eigenvalue weighted by Crippen LogP contribution is -2.52. The van der Waals surface area contributed by atoms with Crippen LogP contribution in [0.25, 0.3) is 0 Å². The van der Waals surface area contributed by atoms with Crippen LogP contribution in [0.1, 0.15) is 10.5 Å². The van der Waals surface area contributed by atoms with Crippen LogP contribution in [-0.4, -0.2) is 63.8 Å². The summed E-state index contributed by atoms with van der Waals surface area (Å²) in [6.45, 7) is 1.59. The molecule has 1 fully saturated rings. The van der Waals surface area contributed by atoms with Crippen LogP contribution in [0.15, 0.2) is 12.5 Å². The van der Waals surface area contributed by atoms with Gasteiger partial charge >= 0.3 is 5.97 Å². The van der Waals surface area contributed by atoms with Crippen LogP contribution >= 0.6 is 0 Å². The summed E-state index contributed by atoms with van der Waals surface area (Å²) in [5.41, 5.74) is 5.64. The van der Waals surface area contributed by atoms with Crippen molar-refractivity contribution in [2.45, 2.75) is 12.6 Å². The molecule has 0 saturated carbocycles. The first-order valence-corrected chi connectivity index (χ1v) is 5.97. The molecule has 0 aromatic carbocycles. The molecule has 2 rings (SSSR count). The van der Waals surface area contributed by atoms with Gasteiger partial charge in [0.05, 0.1) is 19.5 Å². The van der Waals surface area contributed by atoms with Gasteiger partial charge in [-0.25, -0.2) is 9.78 Å². The van der Waals surface area contributed by atoms with E-state index in [1.54, 1.807) is 10.8 Å². The van der Waals surface area contributed by atoms with Crippen LogP contribution in [0.4, 0.5) is 0 Å². The van der Waals surface area contributed by atoms with E-state index in [0.717, 1.165) is 0 Å². The number of imidazole rings is 1. The molecule has 1 amide bonds. The maximum Gasteiger partial charge on any atom is 0.328 e. The van der Waals surface area contributed by atoms with Gasteiger partial charge in [0.2, 0.25) is 0 Å². The number of ether oxygens (including phenoxy) is 1. The van der Waals surface area contributed by atoms with Gasteiger partial charge in [-0.1, -0.05) is 0 Å². The number of amides is 1. The third kappa shape index (κ3) is 2.91. The minimum atomic E-state index is -1.07. The number of rotatable bonds is 4. The highest BCUT2D eigenvalue weighted by Crippen LogP contribution is 2.11. The highest BCUT2D eigenvalue weighted by Gasteiger charge is 2.34. The van der Waals surface area contributed by atoms with Gasteiger partial charge in [-0.15, -0.1) is 0 Å². The van der Waals surface area contributed by atoms with Gasteiger partial charge in [-0.05, 0) is 0 Å². The maximum absolute atomic E-state index is 12.2. The summed E-state index contributed by atoms with van der Waals surface area (Å²) in [5.74, 6) is -1.47. The number of aromatic nitrogens is 2. The van der Waals surface area contributed by atoms with Gasteiger partial charge in [0.1, 0.15) is 5.69 Å². The summed E-state index contributed by atoms with van der Waals surface area (Å²) in [5, 5.41) is 9.08. The van der Waals surface area contributed by atoms with E-state index in [9.17, 15) is 9.59 Å². The van der Waals surface area contributed by atoms with Gasteiger partial charge < -0.3 is 25.0 Å². The van der Waals surface area contributed by atoms with Crippen LogP contribution in [0.2, 0.25) is 0 Å². The monoisotopic (exact) mass is 268 g/mol. The van der Waals surface area contributed by atoms with Gasteiger partial charge in [0.15, 0.2) is 6.04 Å². The molecule has 104 valence electrons. The van der Waals surface area contributed by atoms with Crippen molar-refractivity contribution in [1.82, 2.24) is 14.5 Å². The third-order valence-electron chi connectivity index (χ3n) is 2.91. The van der Waals surface area contributed by atoms with Crippen LogP contribution in [0.3, 0.4) is 0 Å². The van der Waals surface area contributed by atoms with Crippen LogP contribution in [0.5, 0.6) is 0 Å². The maximum atomic E-state index is 12.2. The zero-order valence-electron chi connectivity index (χ0n) is 10.4. The Hall–Kier alpha value is -1.93. The van der Waals surface area contributed by atoms with E-state index in [0.29, 0.717) is 19.7 Å². The number of carboxylic acids is 1. The van der Waals surface area contributed by atoms with Crippen molar-refractivity contribution in [3.05, 3.63) is 18.2 Å². The number of carbonyl (C=O) groups is 2. The highest BCUT2D eigenvalue weighted by molar-refractivity contribution is 5.95. The molecule has 19 heavy (non-hydrogen) atoms. The van der Waals surface area contributed by atoms with E-state index < -0.39 is 17.9 Å². The molecule has 0 bridgehead atoms. The summed E-state index contributed by atoms with van der Waals surface area (Å²) in [4.78, 5) is 28.6. The van der Waals surface area contributed by atoms with E-state index in [2.05, 4.69) is 4.98 Å². The van der Waals surface area contributed by atoms with Gasteiger partial charge in [0, 0.05) is 25.8 Å². The predicted octanol–water partition coefficient (Wildman–Crippen LogP) is -1.23. The van der Waals surface area contributed by atoms with Crippen molar-refractivity contribution < 1.29 is 19.4 Å². The quantitative estimate of drug-likeness (QED) is 0.707. The molecule has 1 aromatic rings. The van der Waals surface area contributed by atoms with Gasteiger partial charge in [-0.3, -0.25) is 4.79 Å². The average molecular weight is 268 g/mol. The van der Waals surface area contributed by atoms with Crippen LogP contribution in [-0.2, 0) is 16.1 Å². The smallest absolute Gasteiger partial charge is 0.328 e. The number of carboxylic acid groups (broad SMARTS) is 1. The minimum absolute atomic E-state index is 0.00455. The van der Waals surface area contributed by atoms with E-state index >= 15 is 0 Å². The minimum Gasteiger partial charge on any atom is -0.480 e. The molecule has 1 aliphatic heterocycles. The molecule has 1 aliphatic rings. The highest BCUT2D eigenvalue weighted by atomic mass is 16.5. The molecule has 1 saturated heterocycles. The summed E-state index contributed by atoms with van der Waals surface area (Å²) in [7, 11) is 0. The first-order chi connectivity index (χ1) is 9.13. The second-order valence-corrected chi connectivity index (χ2v) is 4.21. The van der Waals surface area contributed by atoms with E-state index in [1.165, 1.54) is 11.2 Å². The summed E-state index contributed by atoms with van der Waals surface area (Å²) in [6, 6.07) is -0.957.